The van der Waals surface area contributed by atoms with Crippen LogP contribution in [0.15, 0.2) is 71.0 Å². The van der Waals surface area contributed by atoms with E-state index >= 15 is 0 Å². The molecule has 0 fully saturated rings. The van der Waals surface area contributed by atoms with E-state index < -0.39 is 0 Å². The van der Waals surface area contributed by atoms with Crippen LogP contribution in [0.3, 0.4) is 0 Å². The van der Waals surface area contributed by atoms with Crippen LogP contribution in [0.4, 0.5) is 5.69 Å². The predicted octanol–water partition coefficient (Wildman–Crippen LogP) is 3.67. The molecule has 2 aromatic rings. The molecule has 0 heterocycles. The fourth-order valence-electron chi connectivity index (χ4n) is 1.83. The first-order valence-corrected chi connectivity index (χ1v) is 7.95. The lowest BCUT2D eigenvalue weighted by atomic mass is 10.2. The lowest BCUT2D eigenvalue weighted by Gasteiger charge is -2.12. The van der Waals surface area contributed by atoms with Gasteiger partial charge in [0.25, 0.3) is 0 Å². The number of nitrogens with one attached hydrogen (secondary N) is 1. The summed E-state index contributed by atoms with van der Waals surface area (Å²) >= 11 is 1.53. The highest BCUT2D eigenvalue weighted by Crippen LogP contribution is 2.17. The molecule has 1 N–H and O–H groups in total. The highest BCUT2D eigenvalue weighted by molar-refractivity contribution is 8.02. The van der Waals surface area contributed by atoms with Crippen LogP contribution in [0.25, 0.3) is 0 Å². The number of carbonyl (C=O) groups is 1. The largest absolute Gasteiger partial charge is 0.378 e. The predicted molar refractivity (Wildman–Crippen MR) is 94.1 cm³/mol. The van der Waals surface area contributed by atoms with Gasteiger partial charge >= 0.3 is 0 Å². The minimum absolute atomic E-state index is 0.0832. The molecule has 0 saturated carbocycles. The Kier molecular flexibility index (Phi) is 6.10. The van der Waals surface area contributed by atoms with Crippen LogP contribution in [0, 0.1) is 0 Å². The fraction of sp³-hybridized carbons (Fsp3) is 0.167. The van der Waals surface area contributed by atoms with E-state index in [4.69, 9.17) is 0 Å². The standard InChI is InChI=1S/C18H20N2OS/c1-20(2)16-10-8-15(9-11-16)14-19-18(21)12-13-22-17-6-4-3-5-7-17/h3-13H,14H2,1-2H3,(H,19,21)/b13-12+. The molecule has 0 unspecified atom stereocenters. The van der Waals surface area contributed by atoms with Gasteiger partial charge in [-0.05, 0) is 35.2 Å². The number of anilines is 1. The van der Waals surface area contributed by atoms with Gasteiger partial charge in [0, 0.05) is 37.3 Å². The maximum atomic E-state index is 11.8. The number of benzene rings is 2. The van der Waals surface area contributed by atoms with Crippen molar-refractivity contribution in [3.8, 4) is 0 Å². The molecule has 0 aliphatic rings. The second-order valence-corrected chi connectivity index (χ2v) is 5.99. The quantitative estimate of drug-likeness (QED) is 0.652. The van der Waals surface area contributed by atoms with Crippen molar-refractivity contribution in [3.63, 3.8) is 0 Å². The smallest absolute Gasteiger partial charge is 0.244 e. The second-order valence-electron chi connectivity index (χ2n) is 5.01. The van der Waals surface area contributed by atoms with Crippen LogP contribution in [0.1, 0.15) is 5.56 Å². The molecule has 2 aromatic carbocycles. The van der Waals surface area contributed by atoms with E-state index in [-0.39, 0.29) is 5.91 Å². The highest BCUT2D eigenvalue weighted by atomic mass is 32.2. The van der Waals surface area contributed by atoms with Crippen molar-refractivity contribution in [2.24, 2.45) is 0 Å². The third-order valence-electron chi connectivity index (χ3n) is 3.09. The number of rotatable bonds is 6. The third-order valence-corrected chi connectivity index (χ3v) is 3.90. The third kappa shape index (κ3) is 5.30. The van der Waals surface area contributed by atoms with Crippen molar-refractivity contribution < 1.29 is 4.79 Å². The first-order valence-electron chi connectivity index (χ1n) is 7.07. The summed E-state index contributed by atoms with van der Waals surface area (Å²) in [4.78, 5) is 14.9. The Balaban J connectivity index is 1.77. The van der Waals surface area contributed by atoms with Gasteiger partial charge in [0.05, 0.1) is 0 Å². The molecule has 4 heteroatoms. The Morgan fingerprint density at radius 2 is 1.77 bits per heavy atom. The van der Waals surface area contributed by atoms with Gasteiger partial charge in [0.2, 0.25) is 5.91 Å². The maximum absolute atomic E-state index is 11.8. The Hall–Kier alpha value is -2.20. The van der Waals surface area contributed by atoms with Gasteiger partial charge < -0.3 is 10.2 Å². The monoisotopic (exact) mass is 312 g/mol. The molecule has 22 heavy (non-hydrogen) atoms. The molecular weight excluding hydrogens is 292 g/mol. The van der Waals surface area contributed by atoms with Gasteiger partial charge in [-0.15, -0.1) is 0 Å². The minimum atomic E-state index is -0.0832. The lowest BCUT2D eigenvalue weighted by Crippen LogP contribution is -2.20. The SMILES string of the molecule is CN(C)c1ccc(CNC(=O)/C=C/Sc2ccccc2)cc1. The Morgan fingerprint density at radius 3 is 2.41 bits per heavy atom. The number of hydrogen-bond acceptors (Lipinski definition) is 3. The molecule has 3 nitrogen and oxygen atoms in total. The Bertz CT molecular complexity index is 621. The number of thioether (sulfide) groups is 1. The summed E-state index contributed by atoms with van der Waals surface area (Å²) in [6, 6.07) is 18.1. The van der Waals surface area contributed by atoms with Crippen molar-refractivity contribution in [1.82, 2.24) is 5.32 Å². The van der Waals surface area contributed by atoms with Gasteiger partial charge in [0.1, 0.15) is 0 Å². The summed E-state index contributed by atoms with van der Waals surface area (Å²) in [5.74, 6) is -0.0832. The molecule has 1 amide bonds. The average molecular weight is 312 g/mol. The number of hydrogen-bond donors (Lipinski definition) is 1. The van der Waals surface area contributed by atoms with Crippen molar-refractivity contribution in [1.29, 1.82) is 0 Å². The number of carbonyl (C=O) groups excluding carboxylic acids is 1. The first kappa shape index (κ1) is 16.2. The van der Waals surface area contributed by atoms with E-state index in [1.807, 2.05) is 73.6 Å². The van der Waals surface area contributed by atoms with Gasteiger partial charge in [-0.1, -0.05) is 42.1 Å². The van der Waals surface area contributed by atoms with Crippen molar-refractivity contribution >= 4 is 23.4 Å². The molecule has 0 bridgehead atoms. The highest BCUT2D eigenvalue weighted by Gasteiger charge is 1.99. The van der Waals surface area contributed by atoms with Crippen LogP contribution >= 0.6 is 11.8 Å². The van der Waals surface area contributed by atoms with Crippen molar-refractivity contribution in [3.05, 3.63) is 71.6 Å². The normalized spacial score (nSPS) is 10.6. The van der Waals surface area contributed by atoms with Gasteiger partial charge in [-0.2, -0.15) is 0 Å². The summed E-state index contributed by atoms with van der Waals surface area (Å²) in [6.07, 6.45) is 1.56. The molecule has 0 aliphatic carbocycles. The van der Waals surface area contributed by atoms with Crippen LogP contribution in [0.5, 0.6) is 0 Å². The summed E-state index contributed by atoms with van der Waals surface area (Å²) in [7, 11) is 4.01. The topological polar surface area (TPSA) is 32.3 Å². The lowest BCUT2D eigenvalue weighted by molar-refractivity contribution is -0.116. The summed E-state index contributed by atoms with van der Waals surface area (Å²) < 4.78 is 0. The van der Waals surface area contributed by atoms with E-state index in [1.165, 1.54) is 11.8 Å². The van der Waals surface area contributed by atoms with Crippen molar-refractivity contribution in [2.45, 2.75) is 11.4 Å². The summed E-state index contributed by atoms with van der Waals surface area (Å²) in [5.41, 5.74) is 2.23. The van der Waals surface area contributed by atoms with Crippen LogP contribution in [-0.2, 0) is 11.3 Å². The van der Waals surface area contributed by atoms with E-state index in [9.17, 15) is 4.79 Å². The number of nitrogens with zero attached hydrogens (tertiary/aromatic N) is 1. The maximum Gasteiger partial charge on any atom is 0.244 e. The Morgan fingerprint density at radius 1 is 1.09 bits per heavy atom. The average Bonchev–Trinajstić information content (AvgIpc) is 2.54. The van der Waals surface area contributed by atoms with Crippen LogP contribution in [0.2, 0.25) is 0 Å². The summed E-state index contributed by atoms with van der Waals surface area (Å²) in [5, 5.41) is 4.69. The van der Waals surface area contributed by atoms with E-state index in [1.54, 1.807) is 11.5 Å². The Labute approximate surface area is 136 Å². The molecular formula is C18H20N2OS. The molecule has 0 radical (unpaired) electrons. The van der Waals surface area contributed by atoms with Crippen LogP contribution < -0.4 is 10.2 Å². The zero-order chi connectivity index (χ0) is 15.8. The number of amides is 1. The zero-order valence-corrected chi connectivity index (χ0v) is 13.6. The first-order chi connectivity index (χ1) is 10.6. The fourth-order valence-corrected chi connectivity index (χ4v) is 2.50. The van der Waals surface area contributed by atoms with Crippen molar-refractivity contribution in [2.75, 3.05) is 19.0 Å². The second kappa shape index (κ2) is 8.29. The van der Waals surface area contributed by atoms with Gasteiger partial charge in [-0.3, -0.25) is 4.79 Å². The van der Waals surface area contributed by atoms with Gasteiger partial charge in [0.15, 0.2) is 0 Å². The van der Waals surface area contributed by atoms with E-state index in [0.29, 0.717) is 6.54 Å². The molecule has 0 saturated heterocycles. The molecule has 114 valence electrons. The molecule has 0 aromatic heterocycles. The molecule has 2 rings (SSSR count). The zero-order valence-electron chi connectivity index (χ0n) is 12.8. The molecule has 0 aliphatic heterocycles. The van der Waals surface area contributed by atoms with Gasteiger partial charge in [-0.25, -0.2) is 0 Å². The summed E-state index contributed by atoms with van der Waals surface area (Å²) in [6.45, 7) is 0.535. The molecule has 0 spiro atoms. The van der Waals surface area contributed by atoms with E-state index in [0.717, 1.165) is 16.1 Å². The molecule has 0 atom stereocenters. The van der Waals surface area contributed by atoms with Crippen LogP contribution in [-0.4, -0.2) is 20.0 Å². The minimum Gasteiger partial charge on any atom is -0.378 e. The van der Waals surface area contributed by atoms with E-state index in [2.05, 4.69) is 5.32 Å².